The van der Waals surface area contributed by atoms with Gasteiger partial charge in [0.2, 0.25) is 0 Å². The van der Waals surface area contributed by atoms with E-state index in [1.165, 1.54) is 11.8 Å². The number of hydrogen-bond acceptors (Lipinski definition) is 4. The van der Waals surface area contributed by atoms with Gasteiger partial charge in [0.05, 0.1) is 29.9 Å². The highest BCUT2D eigenvalue weighted by atomic mass is 32.2. The molecule has 1 aliphatic rings. The normalized spacial score (nSPS) is 13.7. The molecular formula is C21H20N4OS. The lowest BCUT2D eigenvalue weighted by atomic mass is 10.1. The van der Waals surface area contributed by atoms with Crippen LogP contribution in [-0.2, 0) is 11.8 Å². The SMILES string of the molecule is Cn1c(-c2ccccc2)cnc1SCC(=O)N1CCC(c2ccccc2)=N1. The maximum atomic E-state index is 12.5. The molecule has 3 aromatic rings. The molecule has 0 radical (unpaired) electrons. The quantitative estimate of drug-likeness (QED) is 0.636. The Hall–Kier alpha value is -2.86. The van der Waals surface area contributed by atoms with Gasteiger partial charge in [0, 0.05) is 13.5 Å². The Morgan fingerprint density at radius 3 is 2.41 bits per heavy atom. The molecule has 0 bridgehead atoms. The number of imidazole rings is 1. The standard InChI is InChI=1S/C21H20N4OS/c1-24-19(17-10-6-3-7-11-17)14-22-21(24)27-15-20(26)25-13-12-18(23-25)16-8-4-2-5-9-16/h2-11,14H,12-13,15H2,1H3. The molecule has 0 atom stereocenters. The van der Waals surface area contributed by atoms with Crippen LogP contribution < -0.4 is 0 Å². The van der Waals surface area contributed by atoms with Crippen molar-refractivity contribution >= 4 is 23.4 Å². The number of amides is 1. The Morgan fingerprint density at radius 1 is 1.04 bits per heavy atom. The van der Waals surface area contributed by atoms with Gasteiger partial charge in [-0.2, -0.15) is 5.10 Å². The molecule has 0 aliphatic carbocycles. The number of carbonyl (C=O) groups excluding carboxylic acids is 1. The zero-order valence-electron chi connectivity index (χ0n) is 15.1. The fourth-order valence-electron chi connectivity index (χ4n) is 3.08. The van der Waals surface area contributed by atoms with E-state index in [1.54, 1.807) is 5.01 Å². The fourth-order valence-corrected chi connectivity index (χ4v) is 3.90. The van der Waals surface area contributed by atoms with E-state index in [1.807, 2.05) is 66.3 Å². The van der Waals surface area contributed by atoms with Crippen molar-refractivity contribution in [3.05, 3.63) is 72.4 Å². The van der Waals surface area contributed by atoms with Crippen LogP contribution >= 0.6 is 11.8 Å². The van der Waals surface area contributed by atoms with Crippen LogP contribution in [0.1, 0.15) is 12.0 Å². The molecule has 0 saturated heterocycles. The summed E-state index contributed by atoms with van der Waals surface area (Å²) in [4.78, 5) is 17.0. The number of benzene rings is 2. The van der Waals surface area contributed by atoms with Crippen LogP contribution in [0.5, 0.6) is 0 Å². The molecule has 2 aromatic carbocycles. The lowest BCUT2D eigenvalue weighted by Gasteiger charge is -2.11. The molecule has 27 heavy (non-hydrogen) atoms. The molecule has 0 fully saturated rings. The second-order valence-corrected chi connectivity index (χ2v) is 7.26. The second-order valence-electron chi connectivity index (χ2n) is 6.32. The molecule has 4 rings (SSSR count). The maximum Gasteiger partial charge on any atom is 0.253 e. The number of rotatable bonds is 5. The van der Waals surface area contributed by atoms with Gasteiger partial charge < -0.3 is 4.57 Å². The van der Waals surface area contributed by atoms with Gasteiger partial charge in [0.1, 0.15) is 0 Å². The predicted molar refractivity (Wildman–Crippen MR) is 109 cm³/mol. The number of nitrogens with zero attached hydrogens (tertiary/aromatic N) is 4. The number of thioether (sulfide) groups is 1. The van der Waals surface area contributed by atoms with Crippen molar-refractivity contribution in [2.75, 3.05) is 12.3 Å². The zero-order chi connectivity index (χ0) is 18.6. The van der Waals surface area contributed by atoms with E-state index in [2.05, 4.69) is 22.2 Å². The van der Waals surface area contributed by atoms with Gasteiger partial charge in [-0.1, -0.05) is 72.4 Å². The van der Waals surface area contributed by atoms with Crippen LogP contribution in [0.25, 0.3) is 11.3 Å². The van der Waals surface area contributed by atoms with Crippen molar-refractivity contribution < 1.29 is 4.79 Å². The topological polar surface area (TPSA) is 50.5 Å². The minimum atomic E-state index is 0.00944. The Bertz CT molecular complexity index is 966. The molecule has 1 aliphatic heterocycles. The Labute approximate surface area is 162 Å². The van der Waals surface area contributed by atoms with Crippen LogP contribution in [0.4, 0.5) is 0 Å². The average Bonchev–Trinajstić information content (AvgIpc) is 3.35. The lowest BCUT2D eigenvalue weighted by Crippen LogP contribution is -2.25. The van der Waals surface area contributed by atoms with Gasteiger partial charge >= 0.3 is 0 Å². The van der Waals surface area contributed by atoms with E-state index in [-0.39, 0.29) is 5.91 Å². The highest BCUT2D eigenvalue weighted by molar-refractivity contribution is 7.99. The summed E-state index contributed by atoms with van der Waals surface area (Å²) in [5.41, 5.74) is 4.20. The van der Waals surface area contributed by atoms with Crippen molar-refractivity contribution in [3.63, 3.8) is 0 Å². The van der Waals surface area contributed by atoms with E-state index in [0.29, 0.717) is 12.3 Å². The molecule has 136 valence electrons. The zero-order valence-corrected chi connectivity index (χ0v) is 15.9. The Balaban J connectivity index is 1.40. The number of hydrogen-bond donors (Lipinski definition) is 0. The minimum Gasteiger partial charge on any atom is -0.322 e. The molecule has 0 spiro atoms. The number of carbonyl (C=O) groups is 1. The van der Waals surface area contributed by atoms with E-state index in [4.69, 9.17) is 0 Å². The number of hydrazone groups is 1. The summed E-state index contributed by atoms with van der Waals surface area (Å²) in [6, 6.07) is 20.1. The van der Waals surface area contributed by atoms with E-state index >= 15 is 0 Å². The van der Waals surface area contributed by atoms with Gasteiger partial charge in [-0.25, -0.2) is 9.99 Å². The molecule has 0 unspecified atom stereocenters. The third-order valence-electron chi connectivity index (χ3n) is 4.54. The van der Waals surface area contributed by atoms with Crippen LogP contribution in [-0.4, -0.2) is 38.5 Å². The van der Waals surface area contributed by atoms with Crippen molar-refractivity contribution in [3.8, 4) is 11.3 Å². The first kappa shape index (κ1) is 17.5. The van der Waals surface area contributed by atoms with Gasteiger partial charge in [-0.15, -0.1) is 0 Å². The minimum absolute atomic E-state index is 0.00944. The van der Waals surface area contributed by atoms with Gasteiger partial charge in [0.15, 0.2) is 5.16 Å². The summed E-state index contributed by atoms with van der Waals surface area (Å²) in [7, 11) is 1.98. The fraction of sp³-hybridized carbons (Fsp3) is 0.190. The van der Waals surface area contributed by atoms with E-state index < -0.39 is 0 Å². The van der Waals surface area contributed by atoms with Crippen LogP contribution in [0.15, 0.2) is 77.1 Å². The van der Waals surface area contributed by atoms with Crippen molar-refractivity contribution in [2.24, 2.45) is 12.1 Å². The number of aromatic nitrogens is 2. The molecule has 5 nitrogen and oxygen atoms in total. The first-order valence-corrected chi connectivity index (χ1v) is 9.84. The van der Waals surface area contributed by atoms with Gasteiger partial charge in [0.25, 0.3) is 5.91 Å². The second kappa shape index (κ2) is 7.80. The van der Waals surface area contributed by atoms with Crippen molar-refractivity contribution in [1.82, 2.24) is 14.6 Å². The highest BCUT2D eigenvalue weighted by Crippen LogP contribution is 2.25. The average molecular weight is 376 g/mol. The molecule has 1 amide bonds. The Morgan fingerprint density at radius 2 is 1.70 bits per heavy atom. The van der Waals surface area contributed by atoms with Crippen LogP contribution in [0.3, 0.4) is 0 Å². The highest BCUT2D eigenvalue weighted by Gasteiger charge is 2.22. The van der Waals surface area contributed by atoms with E-state index in [9.17, 15) is 4.79 Å². The summed E-state index contributed by atoms with van der Waals surface area (Å²) in [5, 5.41) is 6.91. The third kappa shape index (κ3) is 3.80. The van der Waals surface area contributed by atoms with Gasteiger partial charge in [-0.3, -0.25) is 4.79 Å². The molecule has 2 heterocycles. The van der Waals surface area contributed by atoms with Crippen LogP contribution in [0.2, 0.25) is 0 Å². The molecular weight excluding hydrogens is 356 g/mol. The first-order valence-electron chi connectivity index (χ1n) is 8.85. The summed E-state index contributed by atoms with van der Waals surface area (Å²) >= 11 is 1.45. The lowest BCUT2D eigenvalue weighted by molar-refractivity contribution is -0.127. The Kier molecular flexibility index (Phi) is 5.07. The summed E-state index contributed by atoms with van der Waals surface area (Å²) < 4.78 is 2.02. The largest absolute Gasteiger partial charge is 0.322 e. The summed E-state index contributed by atoms with van der Waals surface area (Å²) in [5.74, 6) is 0.333. The molecule has 6 heteroatoms. The molecule has 0 saturated carbocycles. The van der Waals surface area contributed by atoms with Gasteiger partial charge in [-0.05, 0) is 11.1 Å². The monoisotopic (exact) mass is 376 g/mol. The predicted octanol–water partition coefficient (Wildman–Crippen LogP) is 3.82. The smallest absolute Gasteiger partial charge is 0.253 e. The third-order valence-corrected chi connectivity index (χ3v) is 5.57. The first-order chi connectivity index (χ1) is 13.2. The van der Waals surface area contributed by atoms with Crippen molar-refractivity contribution in [2.45, 2.75) is 11.6 Å². The maximum absolute atomic E-state index is 12.5. The summed E-state index contributed by atoms with van der Waals surface area (Å²) in [6.45, 7) is 0.638. The molecule has 0 N–H and O–H groups in total. The molecule has 1 aromatic heterocycles. The van der Waals surface area contributed by atoms with Crippen LogP contribution in [0, 0.1) is 0 Å². The van der Waals surface area contributed by atoms with E-state index in [0.717, 1.165) is 34.1 Å². The van der Waals surface area contributed by atoms with Crippen molar-refractivity contribution in [1.29, 1.82) is 0 Å². The summed E-state index contributed by atoms with van der Waals surface area (Å²) in [6.07, 6.45) is 2.64.